The fourth-order valence-electron chi connectivity index (χ4n) is 4.23. The molecule has 0 unspecified atom stereocenters. The van der Waals surface area contributed by atoms with Crippen LogP contribution in [0.25, 0.3) is 0 Å². The van der Waals surface area contributed by atoms with Crippen molar-refractivity contribution in [2.75, 3.05) is 39.3 Å². The second-order valence-corrected chi connectivity index (χ2v) is 8.74. The number of amides is 1. The smallest absolute Gasteiger partial charge is 0.222 e. The zero-order chi connectivity index (χ0) is 21.2. The van der Waals surface area contributed by atoms with Gasteiger partial charge in [-0.2, -0.15) is 0 Å². The van der Waals surface area contributed by atoms with Gasteiger partial charge in [-0.25, -0.2) is 4.99 Å². The fraction of sp³-hybridized carbons (Fsp3) is 0.667. The highest BCUT2D eigenvalue weighted by Crippen LogP contribution is 2.18. The molecule has 1 amide bonds. The average molecular weight is 414 g/mol. The molecule has 0 atom stereocenters. The van der Waals surface area contributed by atoms with E-state index in [9.17, 15) is 4.79 Å². The molecule has 0 spiro atoms. The lowest BCUT2D eigenvalue weighted by atomic mass is 9.98. The van der Waals surface area contributed by atoms with Crippen LogP contribution in [-0.2, 0) is 17.9 Å². The lowest BCUT2D eigenvalue weighted by molar-refractivity contribution is -0.127. The number of nitrogens with zero attached hydrogens (tertiary/aromatic N) is 3. The summed E-state index contributed by atoms with van der Waals surface area (Å²) in [7, 11) is 0. The number of rotatable bonds is 9. The highest BCUT2D eigenvalue weighted by molar-refractivity contribution is 5.79. The van der Waals surface area contributed by atoms with Crippen molar-refractivity contribution in [3.63, 3.8) is 0 Å². The molecule has 1 aromatic rings. The Morgan fingerprint density at radius 2 is 1.97 bits per heavy atom. The number of hydrogen-bond acceptors (Lipinski definition) is 3. The van der Waals surface area contributed by atoms with Crippen LogP contribution in [0, 0.1) is 5.92 Å². The van der Waals surface area contributed by atoms with Crippen molar-refractivity contribution in [2.24, 2.45) is 10.9 Å². The summed E-state index contributed by atoms with van der Waals surface area (Å²) in [6.45, 7) is 12.0. The van der Waals surface area contributed by atoms with Gasteiger partial charge < -0.3 is 15.5 Å². The zero-order valence-corrected chi connectivity index (χ0v) is 18.8. The van der Waals surface area contributed by atoms with E-state index in [0.717, 1.165) is 57.4 Å². The third-order valence-corrected chi connectivity index (χ3v) is 6.11. The fourth-order valence-corrected chi connectivity index (χ4v) is 4.23. The molecule has 0 aromatic heterocycles. The van der Waals surface area contributed by atoms with Gasteiger partial charge in [-0.05, 0) is 62.7 Å². The molecule has 2 aliphatic rings. The average Bonchev–Trinajstić information content (AvgIpc) is 3.16. The van der Waals surface area contributed by atoms with Crippen LogP contribution in [0.1, 0.15) is 57.1 Å². The Morgan fingerprint density at radius 1 is 1.17 bits per heavy atom. The van der Waals surface area contributed by atoms with E-state index in [1.807, 2.05) is 4.90 Å². The van der Waals surface area contributed by atoms with E-state index < -0.39 is 0 Å². The number of nitrogens with one attached hydrogen (secondary N) is 2. The van der Waals surface area contributed by atoms with Crippen LogP contribution in [0.4, 0.5) is 0 Å². The van der Waals surface area contributed by atoms with E-state index in [-0.39, 0.29) is 0 Å². The summed E-state index contributed by atoms with van der Waals surface area (Å²) in [5, 5.41) is 6.73. The summed E-state index contributed by atoms with van der Waals surface area (Å²) in [6, 6.07) is 8.84. The van der Waals surface area contributed by atoms with Crippen LogP contribution in [-0.4, -0.2) is 60.9 Å². The van der Waals surface area contributed by atoms with Gasteiger partial charge in [-0.15, -0.1) is 0 Å². The van der Waals surface area contributed by atoms with E-state index in [1.165, 1.54) is 37.1 Å². The van der Waals surface area contributed by atoms with E-state index in [0.29, 0.717) is 18.9 Å². The largest absolute Gasteiger partial charge is 0.357 e. The number of carbonyl (C=O) groups is 1. The summed E-state index contributed by atoms with van der Waals surface area (Å²) < 4.78 is 0. The van der Waals surface area contributed by atoms with Gasteiger partial charge in [0.05, 0.1) is 6.54 Å². The van der Waals surface area contributed by atoms with Crippen LogP contribution in [0.15, 0.2) is 29.3 Å². The monoisotopic (exact) mass is 413 g/mol. The predicted octanol–water partition coefficient (Wildman–Crippen LogP) is 2.99. The van der Waals surface area contributed by atoms with Gasteiger partial charge in [-0.1, -0.05) is 31.2 Å². The number of benzene rings is 1. The highest BCUT2D eigenvalue weighted by atomic mass is 16.2. The molecule has 30 heavy (non-hydrogen) atoms. The first kappa shape index (κ1) is 22.6. The van der Waals surface area contributed by atoms with Crippen molar-refractivity contribution in [1.29, 1.82) is 0 Å². The topological polar surface area (TPSA) is 60.0 Å². The molecule has 0 aliphatic carbocycles. The number of hydrogen-bond donors (Lipinski definition) is 2. The van der Waals surface area contributed by atoms with Gasteiger partial charge in [0.2, 0.25) is 5.91 Å². The van der Waals surface area contributed by atoms with Gasteiger partial charge in [0.15, 0.2) is 5.96 Å². The van der Waals surface area contributed by atoms with E-state index in [4.69, 9.17) is 4.99 Å². The van der Waals surface area contributed by atoms with Crippen molar-refractivity contribution in [3.05, 3.63) is 35.4 Å². The van der Waals surface area contributed by atoms with Crippen LogP contribution in [0.3, 0.4) is 0 Å². The Morgan fingerprint density at radius 3 is 2.70 bits per heavy atom. The Kier molecular flexibility index (Phi) is 9.00. The zero-order valence-electron chi connectivity index (χ0n) is 18.8. The number of aliphatic imine (C=N–C) groups is 1. The third-order valence-electron chi connectivity index (χ3n) is 6.11. The molecule has 2 heterocycles. The normalized spacial score (nSPS) is 18.8. The first-order chi connectivity index (χ1) is 14.6. The Hall–Kier alpha value is -2.08. The summed E-state index contributed by atoms with van der Waals surface area (Å²) in [6.07, 6.45) is 5.29. The molecule has 2 aliphatic heterocycles. The molecule has 3 rings (SSSR count). The molecule has 2 N–H and O–H groups in total. The Balaban J connectivity index is 1.45. The van der Waals surface area contributed by atoms with Gasteiger partial charge in [0.25, 0.3) is 0 Å². The summed E-state index contributed by atoms with van der Waals surface area (Å²) in [5.74, 6) is 2.02. The van der Waals surface area contributed by atoms with Crippen molar-refractivity contribution in [2.45, 2.75) is 59.0 Å². The number of carbonyl (C=O) groups excluding carboxylic acids is 1. The molecule has 166 valence electrons. The lowest BCUT2D eigenvalue weighted by Gasteiger charge is -2.30. The third kappa shape index (κ3) is 7.31. The van der Waals surface area contributed by atoms with Gasteiger partial charge in [0, 0.05) is 39.1 Å². The standard InChI is InChI=1S/C24H39N5O/c1-3-25-24(26-12-6-14-29-13-5-9-23(29)30)27-18-21-7-4-8-22(17-21)19-28-15-10-20(2)11-16-28/h4,7-8,17,20H,3,5-6,9-16,18-19H2,1-2H3,(H2,25,26,27). The molecule has 0 bridgehead atoms. The maximum absolute atomic E-state index is 11.7. The molecule has 2 saturated heterocycles. The van der Waals surface area contributed by atoms with Crippen molar-refractivity contribution in [1.82, 2.24) is 20.4 Å². The predicted molar refractivity (Wildman–Crippen MR) is 123 cm³/mol. The summed E-state index contributed by atoms with van der Waals surface area (Å²) in [4.78, 5) is 21.0. The summed E-state index contributed by atoms with van der Waals surface area (Å²) in [5.41, 5.74) is 2.63. The van der Waals surface area contributed by atoms with E-state index >= 15 is 0 Å². The van der Waals surface area contributed by atoms with E-state index in [2.05, 4.69) is 53.6 Å². The molecule has 0 saturated carbocycles. The molecule has 6 nitrogen and oxygen atoms in total. The second kappa shape index (κ2) is 11.9. The van der Waals surface area contributed by atoms with Crippen molar-refractivity contribution >= 4 is 11.9 Å². The molecular weight excluding hydrogens is 374 g/mol. The van der Waals surface area contributed by atoms with Gasteiger partial charge >= 0.3 is 0 Å². The second-order valence-electron chi connectivity index (χ2n) is 8.74. The lowest BCUT2D eigenvalue weighted by Crippen LogP contribution is -2.39. The number of guanidine groups is 1. The quantitative estimate of drug-likeness (QED) is 0.371. The van der Waals surface area contributed by atoms with Crippen LogP contribution < -0.4 is 10.6 Å². The molecule has 0 radical (unpaired) electrons. The first-order valence-electron chi connectivity index (χ1n) is 11.7. The minimum absolute atomic E-state index is 0.300. The maximum Gasteiger partial charge on any atom is 0.222 e. The molecule has 1 aromatic carbocycles. The van der Waals surface area contributed by atoms with Gasteiger partial charge in [-0.3, -0.25) is 9.69 Å². The van der Waals surface area contributed by atoms with Gasteiger partial charge in [0.1, 0.15) is 0 Å². The SMILES string of the molecule is CCNC(=NCc1cccc(CN2CCC(C)CC2)c1)NCCCN1CCCC1=O. The van der Waals surface area contributed by atoms with Crippen LogP contribution >= 0.6 is 0 Å². The first-order valence-corrected chi connectivity index (χ1v) is 11.7. The van der Waals surface area contributed by atoms with Crippen molar-refractivity contribution < 1.29 is 4.79 Å². The van der Waals surface area contributed by atoms with Crippen LogP contribution in [0.2, 0.25) is 0 Å². The van der Waals surface area contributed by atoms with E-state index in [1.54, 1.807) is 0 Å². The molecular formula is C24H39N5O. The highest BCUT2D eigenvalue weighted by Gasteiger charge is 2.19. The Bertz CT molecular complexity index is 697. The Labute approximate surface area is 182 Å². The molecule has 2 fully saturated rings. The van der Waals surface area contributed by atoms with Crippen molar-refractivity contribution in [3.8, 4) is 0 Å². The summed E-state index contributed by atoms with van der Waals surface area (Å²) >= 11 is 0. The minimum atomic E-state index is 0.300. The minimum Gasteiger partial charge on any atom is -0.357 e. The number of piperidine rings is 1. The number of likely N-dealkylation sites (tertiary alicyclic amines) is 2. The van der Waals surface area contributed by atoms with Crippen LogP contribution in [0.5, 0.6) is 0 Å². The molecule has 6 heteroatoms. The maximum atomic E-state index is 11.7.